The molecular weight excluding hydrogens is 299 g/mol. The molecule has 0 amide bonds. The van der Waals surface area contributed by atoms with Gasteiger partial charge in [0.2, 0.25) is 0 Å². The first kappa shape index (κ1) is 16.3. The molecule has 4 nitrogen and oxygen atoms in total. The standard InChI is InChI=1S/C10H12BNO.C9H9NO/c1-7-12-9-6-8(11(2)3)4-5-10(9)13-7;1-6-3-4-9-8(5-6)10-7(2)11-9/h4-6H,1-3H3;3-5H,1-2H3. The van der Waals surface area contributed by atoms with Crippen molar-refractivity contribution in [3.8, 4) is 0 Å². The van der Waals surface area contributed by atoms with Crippen molar-refractivity contribution in [2.24, 2.45) is 0 Å². The molecule has 0 aliphatic heterocycles. The van der Waals surface area contributed by atoms with Gasteiger partial charge in [-0.25, -0.2) is 9.97 Å². The molecule has 0 bridgehead atoms. The topological polar surface area (TPSA) is 52.1 Å². The molecule has 0 spiro atoms. The molecule has 0 atom stereocenters. The zero-order chi connectivity index (χ0) is 17.3. The van der Waals surface area contributed by atoms with Gasteiger partial charge in [-0.15, -0.1) is 0 Å². The maximum absolute atomic E-state index is 5.39. The fourth-order valence-corrected chi connectivity index (χ4v) is 2.57. The SMILES string of the molecule is CB(C)c1ccc2oc(C)nc2c1.Cc1ccc2oc(C)nc2c1. The fraction of sp³-hybridized carbons (Fsp3) is 0.263. The van der Waals surface area contributed by atoms with Crippen LogP contribution in [0.2, 0.25) is 13.6 Å². The van der Waals surface area contributed by atoms with Crippen LogP contribution in [-0.4, -0.2) is 16.7 Å². The Labute approximate surface area is 142 Å². The molecule has 0 N–H and O–H groups in total. The van der Waals surface area contributed by atoms with E-state index in [1.807, 2.05) is 45.0 Å². The summed E-state index contributed by atoms with van der Waals surface area (Å²) in [6.07, 6.45) is 0. The molecular formula is C19H21BN2O2. The third kappa shape index (κ3) is 3.50. The normalized spacial score (nSPS) is 10.7. The number of hydrogen-bond acceptors (Lipinski definition) is 4. The Balaban J connectivity index is 0.000000143. The van der Waals surface area contributed by atoms with Crippen LogP contribution < -0.4 is 5.46 Å². The van der Waals surface area contributed by atoms with Crippen molar-refractivity contribution in [3.63, 3.8) is 0 Å². The smallest absolute Gasteiger partial charge is 0.192 e. The van der Waals surface area contributed by atoms with E-state index in [-0.39, 0.29) is 0 Å². The summed E-state index contributed by atoms with van der Waals surface area (Å²) in [5.74, 6) is 1.46. The summed E-state index contributed by atoms with van der Waals surface area (Å²) in [6, 6.07) is 12.2. The fourth-order valence-electron chi connectivity index (χ4n) is 2.57. The van der Waals surface area contributed by atoms with Gasteiger partial charge in [0.1, 0.15) is 11.0 Å². The lowest BCUT2D eigenvalue weighted by molar-refractivity contribution is 0.560. The number of fused-ring (bicyclic) bond motifs is 2. The summed E-state index contributed by atoms with van der Waals surface area (Å²) in [5.41, 5.74) is 6.17. The van der Waals surface area contributed by atoms with E-state index in [0.717, 1.165) is 34.0 Å². The highest BCUT2D eigenvalue weighted by molar-refractivity contribution is 6.70. The van der Waals surface area contributed by atoms with E-state index >= 15 is 0 Å². The summed E-state index contributed by atoms with van der Waals surface area (Å²) < 4.78 is 10.7. The molecule has 2 heterocycles. The van der Waals surface area contributed by atoms with Gasteiger partial charge in [0, 0.05) is 13.8 Å². The number of aryl methyl sites for hydroxylation is 3. The van der Waals surface area contributed by atoms with Crippen LogP contribution in [-0.2, 0) is 0 Å². The minimum absolute atomic E-state index is 0.543. The second kappa shape index (κ2) is 6.52. The van der Waals surface area contributed by atoms with Crippen LogP contribution in [0.5, 0.6) is 0 Å². The second-order valence-electron chi connectivity index (χ2n) is 6.32. The van der Waals surface area contributed by atoms with Crippen LogP contribution >= 0.6 is 0 Å². The number of benzene rings is 2. The average Bonchev–Trinajstić information content (AvgIpc) is 3.06. The van der Waals surface area contributed by atoms with Gasteiger partial charge in [0.25, 0.3) is 0 Å². The number of rotatable bonds is 1. The number of oxazole rings is 2. The molecule has 0 radical (unpaired) electrons. The number of nitrogens with zero attached hydrogens (tertiary/aromatic N) is 2. The van der Waals surface area contributed by atoms with Crippen molar-refractivity contribution in [1.29, 1.82) is 0 Å². The Morgan fingerprint density at radius 3 is 1.88 bits per heavy atom. The van der Waals surface area contributed by atoms with Gasteiger partial charge in [-0.3, -0.25) is 0 Å². The Hall–Kier alpha value is -2.56. The molecule has 0 saturated heterocycles. The van der Waals surface area contributed by atoms with Crippen molar-refractivity contribution in [1.82, 2.24) is 9.97 Å². The predicted octanol–water partition coefficient (Wildman–Crippen LogP) is 4.54. The summed E-state index contributed by atoms with van der Waals surface area (Å²) in [4.78, 5) is 8.50. The predicted molar refractivity (Wildman–Crippen MR) is 99.3 cm³/mol. The van der Waals surface area contributed by atoms with Gasteiger partial charge >= 0.3 is 0 Å². The van der Waals surface area contributed by atoms with E-state index in [2.05, 4.69) is 35.7 Å². The molecule has 0 saturated carbocycles. The zero-order valence-electron chi connectivity index (χ0n) is 14.8. The van der Waals surface area contributed by atoms with Gasteiger partial charge in [-0.1, -0.05) is 31.2 Å². The molecule has 2 aromatic carbocycles. The van der Waals surface area contributed by atoms with Crippen molar-refractivity contribution in [2.45, 2.75) is 34.4 Å². The molecule has 0 aliphatic carbocycles. The highest BCUT2D eigenvalue weighted by Crippen LogP contribution is 2.15. The third-order valence-corrected chi connectivity index (χ3v) is 3.84. The molecule has 0 fully saturated rings. The first-order chi connectivity index (χ1) is 11.4. The minimum atomic E-state index is 0.543. The van der Waals surface area contributed by atoms with Gasteiger partial charge in [-0.2, -0.15) is 0 Å². The monoisotopic (exact) mass is 320 g/mol. The van der Waals surface area contributed by atoms with Crippen LogP contribution in [0, 0.1) is 20.8 Å². The number of aromatic nitrogens is 2. The van der Waals surface area contributed by atoms with Crippen LogP contribution in [0.4, 0.5) is 0 Å². The molecule has 2 aromatic heterocycles. The maximum Gasteiger partial charge on any atom is 0.192 e. The zero-order valence-corrected chi connectivity index (χ0v) is 14.8. The van der Waals surface area contributed by atoms with E-state index in [1.165, 1.54) is 11.0 Å². The van der Waals surface area contributed by atoms with Gasteiger partial charge in [-0.05, 0) is 36.8 Å². The summed E-state index contributed by atoms with van der Waals surface area (Å²) in [6.45, 7) is 10.7. The summed E-state index contributed by atoms with van der Waals surface area (Å²) in [5, 5.41) is 0. The quantitative estimate of drug-likeness (QED) is 0.483. The second-order valence-corrected chi connectivity index (χ2v) is 6.32. The lowest BCUT2D eigenvalue weighted by atomic mass is 9.49. The molecule has 0 aliphatic rings. The van der Waals surface area contributed by atoms with Crippen LogP contribution in [0.25, 0.3) is 22.2 Å². The molecule has 24 heavy (non-hydrogen) atoms. The van der Waals surface area contributed by atoms with Crippen LogP contribution in [0.1, 0.15) is 17.3 Å². The van der Waals surface area contributed by atoms with Gasteiger partial charge < -0.3 is 8.83 Å². The van der Waals surface area contributed by atoms with Crippen LogP contribution in [0.3, 0.4) is 0 Å². The molecule has 122 valence electrons. The molecule has 5 heteroatoms. The van der Waals surface area contributed by atoms with Crippen molar-refractivity contribution >= 4 is 34.4 Å². The first-order valence-electron chi connectivity index (χ1n) is 8.13. The Bertz CT molecular complexity index is 986. The lowest BCUT2D eigenvalue weighted by Crippen LogP contribution is -2.21. The van der Waals surface area contributed by atoms with E-state index < -0.39 is 0 Å². The van der Waals surface area contributed by atoms with Crippen molar-refractivity contribution < 1.29 is 8.83 Å². The molecule has 4 rings (SSSR count). The summed E-state index contributed by atoms with van der Waals surface area (Å²) in [7, 11) is 0. The van der Waals surface area contributed by atoms with E-state index in [4.69, 9.17) is 8.83 Å². The van der Waals surface area contributed by atoms with Gasteiger partial charge in [0.05, 0.1) is 0 Å². The van der Waals surface area contributed by atoms with Crippen LogP contribution in [0.15, 0.2) is 45.2 Å². The largest absolute Gasteiger partial charge is 0.441 e. The molecule has 0 unspecified atom stereocenters. The first-order valence-corrected chi connectivity index (χ1v) is 8.13. The Morgan fingerprint density at radius 2 is 1.29 bits per heavy atom. The highest BCUT2D eigenvalue weighted by Gasteiger charge is 2.06. The van der Waals surface area contributed by atoms with E-state index in [9.17, 15) is 0 Å². The van der Waals surface area contributed by atoms with Crippen molar-refractivity contribution in [3.05, 3.63) is 53.7 Å². The summed E-state index contributed by atoms with van der Waals surface area (Å²) >= 11 is 0. The maximum atomic E-state index is 5.39. The average molecular weight is 320 g/mol. The lowest BCUT2D eigenvalue weighted by Gasteiger charge is -1.99. The Kier molecular flexibility index (Phi) is 4.43. The number of hydrogen-bond donors (Lipinski definition) is 0. The highest BCUT2D eigenvalue weighted by atomic mass is 16.3. The van der Waals surface area contributed by atoms with Crippen molar-refractivity contribution in [2.75, 3.05) is 0 Å². The third-order valence-electron chi connectivity index (χ3n) is 3.84. The van der Waals surface area contributed by atoms with Gasteiger partial charge in [0.15, 0.2) is 29.7 Å². The van der Waals surface area contributed by atoms with E-state index in [0.29, 0.717) is 6.71 Å². The Morgan fingerprint density at radius 1 is 0.750 bits per heavy atom. The molecule has 4 aromatic rings. The minimum Gasteiger partial charge on any atom is -0.441 e. The van der Waals surface area contributed by atoms with E-state index in [1.54, 1.807) is 0 Å².